The molecule has 2 heterocycles. The Morgan fingerprint density at radius 2 is 1.64 bits per heavy atom. The van der Waals surface area contributed by atoms with Crippen LogP contribution >= 0.6 is 0 Å². The van der Waals surface area contributed by atoms with Crippen LogP contribution in [0.4, 0.5) is 11.5 Å². The van der Waals surface area contributed by atoms with Crippen LogP contribution in [0.2, 0.25) is 0 Å². The van der Waals surface area contributed by atoms with Crippen molar-refractivity contribution in [2.75, 3.05) is 29.9 Å². The molecule has 5 nitrogen and oxygen atoms in total. The van der Waals surface area contributed by atoms with Crippen molar-refractivity contribution in [3.8, 4) is 0 Å². The van der Waals surface area contributed by atoms with Crippen LogP contribution in [0.5, 0.6) is 0 Å². The molecule has 0 saturated carbocycles. The molecule has 0 bridgehead atoms. The van der Waals surface area contributed by atoms with Crippen LogP contribution in [0.25, 0.3) is 0 Å². The summed E-state index contributed by atoms with van der Waals surface area (Å²) in [7, 11) is 1.74. The van der Waals surface area contributed by atoms with E-state index in [0.29, 0.717) is 5.92 Å². The molecule has 0 radical (unpaired) electrons. The second-order valence-electron chi connectivity index (χ2n) is 6.76. The van der Waals surface area contributed by atoms with Crippen molar-refractivity contribution in [2.45, 2.75) is 87.2 Å². The highest BCUT2D eigenvalue weighted by molar-refractivity contribution is 5.90. The molecule has 1 fully saturated rings. The highest BCUT2D eigenvalue weighted by Crippen LogP contribution is 2.30. The zero-order chi connectivity index (χ0) is 22.3. The van der Waals surface area contributed by atoms with Gasteiger partial charge in [0.25, 0.3) is 0 Å². The number of aromatic nitrogens is 1. The van der Waals surface area contributed by atoms with Crippen LogP contribution in [0, 0.1) is 5.92 Å². The Bertz CT molecular complexity index is 507. The Morgan fingerprint density at radius 3 is 2.00 bits per heavy atom. The summed E-state index contributed by atoms with van der Waals surface area (Å²) in [6, 6.07) is 3.86. The van der Waals surface area contributed by atoms with Crippen molar-refractivity contribution in [3.63, 3.8) is 0 Å². The summed E-state index contributed by atoms with van der Waals surface area (Å²) in [4.78, 5) is 19.6. The van der Waals surface area contributed by atoms with Gasteiger partial charge in [-0.05, 0) is 37.3 Å². The van der Waals surface area contributed by atoms with E-state index in [1.807, 2.05) is 53.7 Å². The lowest BCUT2D eigenvalue weighted by atomic mass is 9.84. The van der Waals surface area contributed by atoms with E-state index < -0.39 is 5.60 Å². The van der Waals surface area contributed by atoms with E-state index in [9.17, 15) is 9.90 Å². The molecule has 0 atom stereocenters. The molecular formula is C23H45N3O2. The number of carbonyl (C=O) groups excluding carboxylic acids is 1. The summed E-state index contributed by atoms with van der Waals surface area (Å²) in [5.41, 5.74) is 0.268. The first-order chi connectivity index (χ1) is 13.3. The predicted molar refractivity (Wildman–Crippen MR) is 123 cm³/mol. The molecule has 164 valence electrons. The van der Waals surface area contributed by atoms with Crippen molar-refractivity contribution < 1.29 is 9.90 Å². The van der Waals surface area contributed by atoms with E-state index in [1.165, 1.54) is 6.92 Å². The number of rotatable bonds is 4. The minimum atomic E-state index is -0.528. The van der Waals surface area contributed by atoms with Gasteiger partial charge in [-0.3, -0.25) is 4.79 Å². The molecule has 2 rings (SSSR count). The molecule has 0 aliphatic carbocycles. The first-order valence-electron chi connectivity index (χ1n) is 11.0. The fraction of sp³-hybridized carbons (Fsp3) is 0.739. The SMILES string of the molecule is CC.CC.CC.CC(=O)N(C)c1ccc(N2CCC(O)(CC(C)C)CC2)nc1. The average molecular weight is 396 g/mol. The molecule has 1 amide bonds. The number of amides is 1. The molecule has 1 aromatic rings. The van der Waals surface area contributed by atoms with E-state index in [0.717, 1.165) is 43.9 Å². The van der Waals surface area contributed by atoms with Gasteiger partial charge in [-0.1, -0.05) is 55.4 Å². The van der Waals surface area contributed by atoms with Crippen LogP contribution in [-0.2, 0) is 4.79 Å². The Morgan fingerprint density at radius 1 is 1.14 bits per heavy atom. The number of hydrogen-bond donors (Lipinski definition) is 1. The van der Waals surface area contributed by atoms with Crippen molar-refractivity contribution in [1.29, 1.82) is 0 Å². The summed E-state index contributed by atoms with van der Waals surface area (Å²) in [5, 5.41) is 10.6. The van der Waals surface area contributed by atoms with E-state index in [4.69, 9.17) is 0 Å². The zero-order valence-electron chi connectivity index (χ0n) is 20.0. The molecule has 5 heteroatoms. The van der Waals surface area contributed by atoms with Gasteiger partial charge in [-0.15, -0.1) is 0 Å². The molecule has 1 aliphatic heterocycles. The van der Waals surface area contributed by atoms with Gasteiger partial charge in [0, 0.05) is 27.1 Å². The molecule has 0 unspecified atom stereocenters. The number of hydrogen-bond acceptors (Lipinski definition) is 4. The fourth-order valence-electron chi connectivity index (χ4n) is 3.06. The summed E-state index contributed by atoms with van der Waals surface area (Å²) in [6.45, 7) is 19.5. The summed E-state index contributed by atoms with van der Waals surface area (Å²) in [5.74, 6) is 1.41. The number of aliphatic hydroxyl groups is 1. The maximum Gasteiger partial charge on any atom is 0.223 e. The monoisotopic (exact) mass is 395 g/mol. The van der Waals surface area contributed by atoms with Gasteiger partial charge >= 0.3 is 0 Å². The van der Waals surface area contributed by atoms with Crippen LogP contribution in [-0.4, -0.2) is 41.7 Å². The lowest BCUT2D eigenvalue weighted by Gasteiger charge is -2.39. The number of pyridine rings is 1. The third kappa shape index (κ3) is 9.54. The van der Waals surface area contributed by atoms with Gasteiger partial charge in [0.05, 0.1) is 17.5 Å². The maximum atomic E-state index is 11.4. The molecule has 1 saturated heterocycles. The van der Waals surface area contributed by atoms with Crippen LogP contribution in [0.3, 0.4) is 0 Å². The molecule has 0 spiro atoms. The van der Waals surface area contributed by atoms with Gasteiger partial charge in [-0.25, -0.2) is 4.98 Å². The van der Waals surface area contributed by atoms with Crippen molar-refractivity contribution in [3.05, 3.63) is 18.3 Å². The van der Waals surface area contributed by atoms with Gasteiger partial charge in [-0.2, -0.15) is 0 Å². The third-order valence-corrected chi connectivity index (χ3v) is 4.40. The summed E-state index contributed by atoms with van der Waals surface area (Å²) < 4.78 is 0. The van der Waals surface area contributed by atoms with E-state index in [2.05, 4.69) is 23.7 Å². The normalized spacial score (nSPS) is 14.5. The summed E-state index contributed by atoms with van der Waals surface area (Å²) in [6.07, 6.45) is 4.15. The number of piperidine rings is 1. The fourth-order valence-corrected chi connectivity index (χ4v) is 3.06. The Labute approximate surface area is 174 Å². The maximum absolute atomic E-state index is 11.4. The van der Waals surface area contributed by atoms with Crippen molar-refractivity contribution in [1.82, 2.24) is 4.98 Å². The molecule has 1 aliphatic rings. The van der Waals surface area contributed by atoms with E-state index >= 15 is 0 Å². The highest BCUT2D eigenvalue weighted by Gasteiger charge is 2.33. The molecule has 0 aromatic carbocycles. The first-order valence-corrected chi connectivity index (χ1v) is 11.0. The predicted octanol–water partition coefficient (Wildman–Crippen LogP) is 5.52. The molecule has 1 aromatic heterocycles. The molecular weight excluding hydrogens is 350 g/mol. The lowest BCUT2D eigenvalue weighted by molar-refractivity contribution is -0.116. The van der Waals surface area contributed by atoms with Gasteiger partial charge in [0.15, 0.2) is 0 Å². The Kier molecular flexibility index (Phi) is 15.6. The minimum Gasteiger partial charge on any atom is -0.390 e. The van der Waals surface area contributed by atoms with E-state index in [1.54, 1.807) is 18.1 Å². The topological polar surface area (TPSA) is 56.7 Å². The second kappa shape index (κ2) is 15.3. The van der Waals surface area contributed by atoms with Gasteiger partial charge in [0.2, 0.25) is 5.91 Å². The number of nitrogens with zero attached hydrogens (tertiary/aromatic N) is 3. The highest BCUT2D eigenvalue weighted by atomic mass is 16.3. The second-order valence-corrected chi connectivity index (χ2v) is 6.76. The van der Waals surface area contributed by atoms with Gasteiger partial charge in [0.1, 0.15) is 5.82 Å². The number of carbonyl (C=O) groups is 1. The first kappa shape index (κ1) is 28.6. The summed E-state index contributed by atoms with van der Waals surface area (Å²) >= 11 is 0. The van der Waals surface area contributed by atoms with Crippen LogP contribution in [0.1, 0.15) is 81.6 Å². The van der Waals surface area contributed by atoms with Gasteiger partial charge < -0.3 is 14.9 Å². The average Bonchev–Trinajstić information content (AvgIpc) is 2.72. The zero-order valence-corrected chi connectivity index (χ0v) is 20.0. The smallest absolute Gasteiger partial charge is 0.223 e. The third-order valence-electron chi connectivity index (χ3n) is 4.40. The quantitative estimate of drug-likeness (QED) is 0.729. The Balaban J connectivity index is 0. The number of anilines is 2. The van der Waals surface area contributed by atoms with Crippen molar-refractivity contribution >= 4 is 17.4 Å². The molecule has 28 heavy (non-hydrogen) atoms. The Hall–Kier alpha value is -1.62. The van der Waals surface area contributed by atoms with Crippen LogP contribution in [0.15, 0.2) is 18.3 Å². The van der Waals surface area contributed by atoms with E-state index in [-0.39, 0.29) is 5.91 Å². The lowest BCUT2D eigenvalue weighted by Crippen LogP contribution is -2.45. The standard InChI is InChI=1S/C17H27N3O2.3C2H6/c1-13(2)11-17(22)7-9-20(10-8-17)16-6-5-15(12-18-16)19(4)14(3)21;3*1-2/h5-6,12-13,22H,7-11H2,1-4H3;3*1-2H3. The molecule has 1 N–H and O–H groups in total. The van der Waals surface area contributed by atoms with Crippen LogP contribution < -0.4 is 9.80 Å². The van der Waals surface area contributed by atoms with Crippen molar-refractivity contribution in [2.24, 2.45) is 5.92 Å². The largest absolute Gasteiger partial charge is 0.390 e. The minimum absolute atomic E-state index is 0.00808.